The van der Waals surface area contributed by atoms with Gasteiger partial charge in [-0.3, -0.25) is 0 Å². The molecule has 0 spiro atoms. The molecule has 0 bridgehead atoms. The van der Waals surface area contributed by atoms with Gasteiger partial charge >= 0.3 is 15.6 Å². The van der Waals surface area contributed by atoms with Crippen LogP contribution in [0.5, 0.6) is 0 Å². The van der Waals surface area contributed by atoms with Crippen LogP contribution in [-0.4, -0.2) is 18.5 Å². The van der Waals surface area contributed by atoms with Crippen molar-refractivity contribution in [2.45, 2.75) is 12.4 Å². The van der Waals surface area contributed by atoms with Gasteiger partial charge in [0.1, 0.15) is 5.70 Å². The second-order valence-corrected chi connectivity index (χ2v) is 7.98. The zero-order valence-electron chi connectivity index (χ0n) is 15.5. The summed E-state index contributed by atoms with van der Waals surface area (Å²) < 4.78 is 73.8. The molecule has 0 saturated heterocycles. The quantitative estimate of drug-likeness (QED) is 0.119. The number of para-hydroxylation sites is 2. The SMILES string of the molecule is C=C/C(OS(=O)(=O)C(F)(F)F)=C(\C(=C/C)OI)n1c2ccccc2c2ccccc21. The number of hydrogen-bond acceptors (Lipinski definition) is 4. The summed E-state index contributed by atoms with van der Waals surface area (Å²) in [5.74, 6) is -0.530. The van der Waals surface area contributed by atoms with Gasteiger partial charge in [0.05, 0.1) is 11.0 Å². The largest absolute Gasteiger partial charge is 0.534 e. The Bertz CT molecular complexity index is 1240. The standard InChI is InChI=1S/C20H15F3INO4S/c1-3-17(28-24)19(18(4-2)29-30(26,27)20(21,22)23)25-15-11-7-5-9-13(15)14-10-6-8-12-16(14)25/h3-12H,2H2,1H3/b17-3+,19-18-. The molecule has 2 aromatic carbocycles. The Morgan fingerprint density at radius 3 is 1.97 bits per heavy atom. The summed E-state index contributed by atoms with van der Waals surface area (Å²) in [6, 6.07) is 14.4. The molecule has 1 heterocycles. The number of aromatic nitrogens is 1. The number of allylic oxidation sites excluding steroid dienone is 3. The summed E-state index contributed by atoms with van der Waals surface area (Å²) in [5.41, 5.74) is -4.40. The fourth-order valence-corrected chi connectivity index (χ4v) is 4.00. The van der Waals surface area contributed by atoms with E-state index in [-0.39, 0.29) is 11.5 Å². The average molecular weight is 549 g/mol. The van der Waals surface area contributed by atoms with E-state index in [4.69, 9.17) is 3.07 Å². The van der Waals surface area contributed by atoms with Gasteiger partial charge in [-0.15, -0.1) is 0 Å². The van der Waals surface area contributed by atoms with E-state index in [0.29, 0.717) is 11.0 Å². The van der Waals surface area contributed by atoms with E-state index in [9.17, 15) is 21.6 Å². The Balaban J connectivity index is 2.47. The van der Waals surface area contributed by atoms with Crippen molar-refractivity contribution in [3.05, 3.63) is 78.8 Å². The van der Waals surface area contributed by atoms with Crippen LogP contribution in [0, 0.1) is 0 Å². The van der Waals surface area contributed by atoms with Crippen molar-refractivity contribution in [1.82, 2.24) is 4.57 Å². The molecular weight excluding hydrogens is 534 g/mol. The molecule has 5 nitrogen and oxygen atoms in total. The molecular formula is C20H15F3INO4S. The first kappa shape index (κ1) is 22.2. The van der Waals surface area contributed by atoms with Gasteiger partial charge in [0.25, 0.3) is 0 Å². The fourth-order valence-electron chi connectivity index (χ4n) is 3.06. The Labute approximate surface area is 184 Å². The van der Waals surface area contributed by atoms with Gasteiger partial charge in [-0.2, -0.15) is 21.6 Å². The van der Waals surface area contributed by atoms with E-state index in [1.165, 1.54) is 6.08 Å². The molecule has 3 rings (SSSR count). The molecule has 0 N–H and O–H groups in total. The van der Waals surface area contributed by atoms with E-state index in [1.54, 1.807) is 58.8 Å². The van der Waals surface area contributed by atoms with Crippen molar-refractivity contribution in [2.24, 2.45) is 0 Å². The van der Waals surface area contributed by atoms with Gasteiger partial charge in [0, 0.05) is 10.8 Å². The molecule has 0 fully saturated rings. The number of hydrogen-bond donors (Lipinski definition) is 0. The molecule has 158 valence electrons. The van der Waals surface area contributed by atoms with Crippen LogP contribution in [0.3, 0.4) is 0 Å². The Morgan fingerprint density at radius 1 is 1.07 bits per heavy atom. The number of alkyl halides is 3. The molecule has 0 atom stereocenters. The Morgan fingerprint density at radius 2 is 1.57 bits per heavy atom. The van der Waals surface area contributed by atoms with Crippen LogP contribution in [0.4, 0.5) is 13.2 Å². The lowest BCUT2D eigenvalue weighted by molar-refractivity contribution is -0.0519. The van der Waals surface area contributed by atoms with Gasteiger partial charge in [-0.1, -0.05) is 43.0 Å². The molecule has 0 saturated carbocycles. The highest BCUT2D eigenvalue weighted by Gasteiger charge is 2.49. The maximum absolute atomic E-state index is 13.0. The monoisotopic (exact) mass is 549 g/mol. The molecule has 0 unspecified atom stereocenters. The molecule has 0 amide bonds. The first-order valence-electron chi connectivity index (χ1n) is 8.47. The molecule has 0 radical (unpaired) electrons. The third kappa shape index (κ3) is 3.81. The summed E-state index contributed by atoms with van der Waals surface area (Å²) in [6.45, 7) is 5.05. The minimum atomic E-state index is -5.93. The third-order valence-corrected chi connectivity index (χ3v) is 5.72. The van der Waals surface area contributed by atoms with Crippen LogP contribution < -0.4 is 0 Å². The minimum absolute atomic E-state index is 0.0351. The van der Waals surface area contributed by atoms with Gasteiger partial charge in [0.15, 0.2) is 34.5 Å². The van der Waals surface area contributed by atoms with E-state index in [0.717, 1.165) is 16.8 Å². The number of halogens is 4. The second kappa shape index (κ2) is 8.34. The number of benzene rings is 2. The van der Waals surface area contributed by atoms with Crippen LogP contribution in [0.15, 0.2) is 78.8 Å². The zero-order valence-corrected chi connectivity index (χ0v) is 18.5. The molecule has 10 heteroatoms. The molecule has 30 heavy (non-hydrogen) atoms. The Hall–Kier alpha value is -2.47. The van der Waals surface area contributed by atoms with Crippen molar-refractivity contribution in [2.75, 3.05) is 0 Å². The van der Waals surface area contributed by atoms with E-state index in [1.807, 2.05) is 24.3 Å². The maximum atomic E-state index is 13.0. The molecule has 0 aliphatic rings. The zero-order chi connectivity index (χ0) is 22.1. The average Bonchev–Trinajstić information content (AvgIpc) is 3.04. The van der Waals surface area contributed by atoms with E-state index < -0.39 is 21.4 Å². The van der Waals surface area contributed by atoms with E-state index in [2.05, 4.69) is 10.8 Å². The normalized spacial score (nSPS) is 14.0. The summed E-state index contributed by atoms with van der Waals surface area (Å²) in [7, 11) is -5.93. The molecule has 3 aromatic rings. The van der Waals surface area contributed by atoms with E-state index >= 15 is 0 Å². The van der Waals surface area contributed by atoms with Gasteiger partial charge in [0.2, 0.25) is 0 Å². The van der Waals surface area contributed by atoms with Crippen molar-refractivity contribution < 1.29 is 28.8 Å². The minimum Gasteiger partial charge on any atom is -0.426 e. The number of fused-ring (bicyclic) bond motifs is 3. The fraction of sp³-hybridized carbons (Fsp3) is 0.100. The van der Waals surface area contributed by atoms with Crippen molar-refractivity contribution in [1.29, 1.82) is 0 Å². The molecule has 0 aliphatic carbocycles. The van der Waals surface area contributed by atoms with Crippen molar-refractivity contribution >= 4 is 60.6 Å². The summed E-state index contributed by atoms with van der Waals surface area (Å²) in [4.78, 5) is 0. The van der Waals surface area contributed by atoms with Crippen LogP contribution in [0.25, 0.3) is 27.5 Å². The predicted molar refractivity (Wildman–Crippen MR) is 118 cm³/mol. The van der Waals surface area contributed by atoms with Crippen LogP contribution >= 0.6 is 23.0 Å². The first-order valence-corrected chi connectivity index (χ1v) is 10.8. The first-order chi connectivity index (χ1) is 14.2. The van der Waals surface area contributed by atoms with Crippen molar-refractivity contribution in [3.63, 3.8) is 0 Å². The lowest BCUT2D eigenvalue weighted by Crippen LogP contribution is -2.25. The predicted octanol–water partition coefficient (Wildman–Crippen LogP) is 6.29. The highest BCUT2D eigenvalue weighted by atomic mass is 127. The number of nitrogens with zero attached hydrogens (tertiary/aromatic N) is 1. The van der Waals surface area contributed by atoms with Gasteiger partial charge in [-0.25, -0.2) is 0 Å². The summed E-state index contributed by atoms with van der Waals surface area (Å²) in [5, 5.41) is 1.63. The lowest BCUT2D eigenvalue weighted by atomic mass is 10.2. The smallest absolute Gasteiger partial charge is 0.426 e. The van der Waals surface area contributed by atoms with Crippen molar-refractivity contribution in [3.8, 4) is 0 Å². The summed E-state index contributed by atoms with van der Waals surface area (Å²) in [6.07, 6.45) is 2.39. The second-order valence-electron chi connectivity index (χ2n) is 6.00. The molecule has 0 aliphatic heterocycles. The van der Waals surface area contributed by atoms with Gasteiger partial charge in [-0.05, 0) is 31.2 Å². The van der Waals surface area contributed by atoms with Crippen LogP contribution in [-0.2, 0) is 17.4 Å². The third-order valence-electron chi connectivity index (χ3n) is 4.28. The maximum Gasteiger partial charge on any atom is 0.534 e. The lowest BCUT2D eigenvalue weighted by Gasteiger charge is -2.18. The highest BCUT2D eigenvalue weighted by molar-refractivity contribution is 14.1. The summed E-state index contributed by atoms with van der Waals surface area (Å²) >= 11 is 1.56. The van der Waals surface area contributed by atoms with Crippen LogP contribution in [0.1, 0.15) is 6.92 Å². The Kier molecular flexibility index (Phi) is 6.18. The number of rotatable bonds is 6. The highest BCUT2D eigenvalue weighted by Crippen LogP contribution is 2.38. The molecule has 1 aromatic heterocycles. The van der Waals surface area contributed by atoms with Crippen LogP contribution in [0.2, 0.25) is 0 Å². The van der Waals surface area contributed by atoms with Gasteiger partial charge < -0.3 is 11.8 Å². The topological polar surface area (TPSA) is 57.5 Å².